The molecule has 2 aromatic rings. The lowest BCUT2D eigenvalue weighted by Gasteiger charge is -2.30. The van der Waals surface area contributed by atoms with E-state index in [1.165, 1.54) is 17.0 Å². The summed E-state index contributed by atoms with van der Waals surface area (Å²) in [4.78, 5) is 16.4. The number of hydrogen-bond acceptors (Lipinski definition) is 2. The molecule has 1 amide bonds. The zero-order valence-electron chi connectivity index (χ0n) is 15.2. The lowest BCUT2D eigenvalue weighted by atomic mass is 10.0. The molecule has 0 spiro atoms. The second kappa shape index (κ2) is 8.77. The SMILES string of the molecule is C[NH+]1CCN(C(=O)/C(=C/c2ccc(OC(F)F)cc2)c2ccccc2)CC1. The predicted molar refractivity (Wildman–Crippen MR) is 101 cm³/mol. The highest BCUT2D eigenvalue weighted by Crippen LogP contribution is 2.23. The maximum Gasteiger partial charge on any atom is 0.387 e. The van der Waals surface area contributed by atoms with Gasteiger partial charge in [0.15, 0.2) is 0 Å². The van der Waals surface area contributed by atoms with Crippen LogP contribution in [0.5, 0.6) is 5.75 Å². The van der Waals surface area contributed by atoms with Crippen molar-refractivity contribution in [2.45, 2.75) is 6.61 Å². The fraction of sp³-hybridized carbons (Fsp3) is 0.286. The molecule has 2 aromatic carbocycles. The minimum absolute atomic E-state index is 0.0124. The number of halogens is 2. The molecule has 142 valence electrons. The maximum absolute atomic E-state index is 13.1. The molecule has 6 heteroatoms. The number of rotatable bonds is 5. The number of benzene rings is 2. The molecule has 0 atom stereocenters. The van der Waals surface area contributed by atoms with Gasteiger partial charge in [-0.1, -0.05) is 42.5 Å². The van der Waals surface area contributed by atoms with E-state index in [2.05, 4.69) is 11.8 Å². The lowest BCUT2D eigenvalue weighted by molar-refractivity contribution is -0.883. The van der Waals surface area contributed by atoms with Crippen LogP contribution in [0.3, 0.4) is 0 Å². The highest BCUT2D eigenvalue weighted by Gasteiger charge is 2.24. The van der Waals surface area contributed by atoms with Crippen LogP contribution < -0.4 is 9.64 Å². The summed E-state index contributed by atoms with van der Waals surface area (Å²) in [5.74, 6) is 0.0818. The second-order valence-corrected chi connectivity index (χ2v) is 6.62. The Bertz CT molecular complexity index is 784. The molecule has 0 bridgehead atoms. The van der Waals surface area contributed by atoms with Gasteiger partial charge < -0.3 is 14.5 Å². The largest absolute Gasteiger partial charge is 0.435 e. The molecular formula is C21H23F2N2O2+. The number of piperazine rings is 1. The summed E-state index contributed by atoms with van der Waals surface area (Å²) in [5, 5.41) is 0. The molecular weight excluding hydrogens is 350 g/mol. The molecule has 3 rings (SSSR count). The van der Waals surface area contributed by atoms with Crippen LogP contribution in [0.1, 0.15) is 11.1 Å². The van der Waals surface area contributed by atoms with E-state index in [4.69, 9.17) is 0 Å². The molecule has 4 nitrogen and oxygen atoms in total. The predicted octanol–water partition coefficient (Wildman–Crippen LogP) is 2.19. The standard InChI is InChI=1S/C21H22F2N2O2/c1-24-11-13-25(14-12-24)20(26)19(17-5-3-2-4-6-17)15-16-7-9-18(10-8-16)27-21(22)23/h2-10,15,21H,11-14H2,1H3/p+1/b19-15+. The van der Waals surface area contributed by atoms with Gasteiger partial charge in [-0.2, -0.15) is 8.78 Å². The van der Waals surface area contributed by atoms with E-state index in [-0.39, 0.29) is 11.7 Å². The van der Waals surface area contributed by atoms with Crippen molar-refractivity contribution < 1.29 is 23.2 Å². The fourth-order valence-electron chi connectivity index (χ4n) is 3.06. The summed E-state index contributed by atoms with van der Waals surface area (Å²) in [6.07, 6.45) is 1.80. The summed E-state index contributed by atoms with van der Waals surface area (Å²) in [7, 11) is 2.12. The third-order valence-corrected chi connectivity index (χ3v) is 4.64. The topological polar surface area (TPSA) is 34.0 Å². The van der Waals surface area contributed by atoms with E-state index < -0.39 is 6.61 Å². The van der Waals surface area contributed by atoms with E-state index in [1.54, 1.807) is 18.2 Å². The number of quaternary nitrogens is 1. The third-order valence-electron chi connectivity index (χ3n) is 4.64. The number of carbonyl (C=O) groups is 1. The monoisotopic (exact) mass is 373 g/mol. The Morgan fingerprint density at radius 1 is 1.07 bits per heavy atom. The molecule has 0 aromatic heterocycles. The Hall–Kier alpha value is -2.73. The van der Waals surface area contributed by atoms with Crippen molar-refractivity contribution in [1.29, 1.82) is 0 Å². The first kappa shape index (κ1) is 19.0. The molecule has 1 fully saturated rings. The van der Waals surface area contributed by atoms with Crippen LogP contribution in [0.2, 0.25) is 0 Å². The number of nitrogens with one attached hydrogen (secondary N) is 1. The van der Waals surface area contributed by atoms with Crippen molar-refractivity contribution in [1.82, 2.24) is 4.90 Å². The molecule has 0 radical (unpaired) electrons. The van der Waals surface area contributed by atoms with Crippen molar-refractivity contribution in [3.05, 3.63) is 65.7 Å². The number of alkyl halides is 2. The minimum Gasteiger partial charge on any atom is -0.435 e. The van der Waals surface area contributed by atoms with Crippen molar-refractivity contribution in [2.24, 2.45) is 0 Å². The second-order valence-electron chi connectivity index (χ2n) is 6.62. The van der Waals surface area contributed by atoms with Gasteiger partial charge in [-0.3, -0.25) is 4.79 Å². The smallest absolute Gasteiger partial charge is 0.387 e. The number of amides is 1. The van der Waals surface area contributed by atoms with Crippen molar-refractivity contribution in [2.75, 3.05) is 33.2 Å². The number of carbonyl (C=O) groups excluding carboxylic acids is 1. The summed E-state index contributed by atoms with van der Waals surface area (Å²) < 4.78 is 29.0. The first-order valence-electron chi connectivity index (χ1n) is 8.95. The highest BCUT2D eigenvalue weighted by molar-refractivity contribution is 6.24. The van der Waals surface area contributed by atoms with E-state index >= 15 is 0 Å². The van der Waals surface area contributed by atoms with Crippen molar-refractivity contribution in [3.8, 4) is 5.75 Å². The van der Waals surface area contributed by atoms with Crippen LogP contribution in [-0.4, -0.2) is 50.6 Å². The number of likely N-dealkylation sites (N-methyl/N-ethyl adjacent to an activating group) is 1. The molecule has 1 aliphatic rings. The van der Waals surface area contributed by atoms with Gasteiger partial charge >= 0.3 is 6.61 Å². The van der Waals surface area contributed by atoms with E-state index in [0.717, 1.165) is 37.3 Å². The van der Waals surface area contributed by atoms with Gasteiger partial charge in [0, 0.05) is 5.57 Å². The van der Waals surface area contributed by atoms with Crippen LogP contribution in [0.15, 0.2) is 54.6 Å². The Morgan fingerprint density at radius 3 is 2.30 bits per heavy atom. The zero-order valence-corrected chi connectivity index (χ0v) is 15.2. The van der Waals surface area contributed by atoms with Gasteiger partial charge in [0.25, 0.3) is 5.91 Å². The average Bonchev–Trinajstić information content (AvgIpc) is 2.68. The molecule has 1 heterocycles. The minimum atomic E-state index is -2.85. The lowest BCUT2D eigenvalue weighted by Crippen LogP contribution is -3.12. The number of hydrogen-bond donors (Lipinski definition) is 1. The van der Waals surface area contributed by atoms with E-state index in [1.807, 2.05) is 35.2 Å². The molecule has 0 saturated carbocycles. The van der Waals surface area contributed by atoms with Crippen LogP contribution in [0.25, 0.3) is 11.6 Å². The highest BCUT2D eigenvalue weighted by atomic mass is 19.3. The van der Waals surface area contributed by atoms with Crippen LogP contribution in [0.4, 0.5) is 8.78 Å². The normalized spacial score (nSPS) is 15.9. The molecule has 1 aliphatic heterocycles. The zero-order chi connectivity index (χ0) is 19.2. The van der Waals surface area contributed by atoms with Crippen molar-refractivity contribution in [3.63, 3.8) is 0 Å². The van der Waals surface area contributed by atoms with Gasteiger partial charge in [-0.05, 0) is 29.3 Å². The van der Waals surface area contributed by atoms with Gasteiger partial charge in [0.05, 0.1) is 33.2 Å². The van der Waals surface area contributed by atoms with Crippen LogP contribution in [0, 0.1) is 0 Å². The fourth-order valence-corrected chi connectivity index (χ4v) is 3.06. The van der Waals surface area contributed by atoms with Crippen molar-refractivity contribution >= 4 is 17.6 Å². The quantitative estimate of drug-likeness (QED) is 0.644. The Balaban J connectivity index is 1.88. The molecule has 1 saturated heterocycles. The molecule has 0 unspecified atom stereocenters. The van der Waals surface area contributed by atoms with E-state index in [9.17, 15) is 13.6 Å². The third kappa shape index (κ3) is 5.14. The summed E-state index contributed by atoms with van der Waals surface area (Å²) in [6, 6.07) is 15.8. The Kier molecular flexibility index (Phi) is 6.19. The van der Waals surface area contributed by atoms with Gasteiger partial charge in [-0.25, -0.2) is 0 Å². The summed E-state index contributed by atoms with van der Waals surface area (Å²) >= 11 is 0. The Morgan fingerprint density at radius 2 is 1.70 bits per heavy atom. The first-order chi connectivity index (χ1) is 13.0. The van der Waals surface area contributed by atoms with Crippen LogP contribution in [-0.2, 0) is 4.79 Å². The van der Waals surface area contributed by atoms with Gasteiger partial charge in [0.2, 0.25) is 0 Å². The molecule has 1 N–H and O–H groups in total. The molecule has 27 heavy (non-hydrogen) atoms. The Labute approximate surface area is 157 Å². The van der Waals surface area contributed by atoms with Gasteiger partial charge in [-0.15, -0.1) is 0 Å². The maximum atomic E-state index is 13.1. The number of ether oxygens (including phenoxy) is 1. The summed E-state index contributed by atoms with van der Waals surface area (Å²) in [6.45, 7) is 0.430. The number of nitrogens with zero attached hydrogens (tertiary/aromatic N) is 1. The first-order valence-corrected chi connectivity index (χ1v) is 8.95. The average molecular weight is 373 g/mol. The van der Waals surface area contributed by atoms with Crippen LogP contribution >= 0.6 is 0 Å². The van der Waals surface area contributed by atoms with E-state index in [0.29, 0.717) is 5.57 Å². The van der Waals surface area contributed by atoms with Gasteiger partial charge in [0.1, 0.15) is 5.75 Å². The molecule has 0 aliphatic carbocycles. The summed E-state index contributed by atoms with van der Waals surface area (Å²) in [5.41, 5.74) is 2.18.